The van der Waals surface area contributed by atoms with Crippen LogP contribution < -0.4 is 0 Å². The molecule has 10 heteroatoms. The molecule has 9 nitrogen and oxygen atoms in total. The number of unbranched alkanes of at least 4 members (excludes halogenated alkanes) is 28. The minimum atomic E-state index is -4.40. The fourth-order valence-corrected chi connectivity index (χ4v) is 9.21. The molecule has 0 fully saturated rings. The van der Waals surface area contributed by atoms with Crippen molar-refractivity contribution >= 4 is 19.8 Å². The number of phosphoric ester groups is 1. The van der Waals surface area contributed by atoms with E-state index < -0.39 is 26.5 Å². The Kier molecular flexibility index (Phi) is 53.8. The van der Waals surface area contributed by atoms with Gasteiger partial charge in [-0.05, 0) is 70.6 Å². The van der Waals surface area contributed by atoms with Crippen molar-refractivity contribution in [1.29, 1.82) is 0 Å². The van der Waals surface area contributed by atoms with Crippen LogP contribution in [0.5, 0.6) is 0 Å². The van der Waals surface area contributed by atoms with Crippen LogP contribution >= 0.6 is 7.82 Å². The van der Waals surface area contributed by atoms with Crippen molar-refractivity contribution in [1.82, 2.24) is 0 Å². The van der Waals surface area contributed by atoms with Crippen LogP contribution in [-0.4, -0.2) is 74.9 Å². The maximum absolute atomic E-state index is 12.8. The largest absolute Gasteiger partial charge is 0.472 e. The topological polar surface area (TPSA) is 108 Å². The van der Waals surface area contributed by atoms with Crippen molar-refractivity contribution in [2.75, 3.05) is 47.5 Å². The van der Waals surface area contributed by atoms with Gasteiger partial charge in [-0.1, -0.05) is 266 Å². The molecule has 2 unspecified atom stereocenters. The zero-order valence-corrected chi connectivity index (χ0v) is 50.2. The highest BCUT2D eigenvalue weighted by Gasteiger charge is 2.27. The van der Waals surface area contributed by atoms with Gasteiger partial charge in [0.2, 0.25) is 0 Å². The summed E-state index contributed by atoms with van der Waals surface area (Å²) < 4.78 is 34.6. The molecular formula is C65H117NO8P+. The number of likely N-dealkylation sites (N-methyl/N-ethyl adjacent to an activating group) is 1. The fraction of sp³-hybridized carbons (Fsp3) is 0.754. The lowest BCUT2D eigenvalue weighted by Gasteiger charge is -2.24. The first kappa shape index (κ1) is 72.2. The highest BCUT2D eigenvalue weighted by Crippen LogP contribution is 2.43. The Morgan fingerprint density at radius 1 is 0.427 bits per heavy atom. The van der Waals surface area contributed by atoms with Gasteiger partial charge in [-0.2, -0.15) is 0 Å². The molecule has 0 rings (SSSR count). The smallest absolute Gasteiger partial charge is 0.462 e. The molecule has 1 N–H and O–H groups in total. The normalized spacial score (nSPS) is 13.8. The fourth-order valence-electron chi connectivity index (χ4n) is 8.47. The summed E-state index contributed by atoms with van der Waals surface area (Å²) in [7, 11) is 1.45. The number of hydrogen-bond acceptors (Lipinski definition) is 7. The molecule has 0 aliphatic heterocycles. The molecule has 2 atom stereocenters. The SMILES string of the molecule is CC/C=C\C/C=C\C/C=C\C/C=C\C/C=C\C/C=C\C/C=C\CCCCCC(=O)OC(COC(=O)CCCCCCCCCCCCCCCCCCCCCCCCCCCC)COP(=O)(O)OCC[N+](C)(C)C. The maximum Gasteiger partial charge on any atom is 0.472 e. The third-order valence-corrected chi connectivity index (χ3v) is 14.2. The number of nitrogens with zero attached hydrogens (tertiary/aromatic N) is 1. The van der Waals surface area contributed by atoms with E-state index in [9.17, 15) is 19.0 Å². The van der Waals surface area contributed by atoms with Gasteiger partial charge in [-0.3, -0.25) is 18.6 Å². The number of carbonyl (C=O) groups excluding carboxylic acids is 2. The van der Waals surface area contributed by atoms with Crippen molar-refractivity contribution in [3.05, 3.63) is 85.1 Å². The molecular weight excluding hydrogens is 954 g/mol. The molecule has 0 saturated heterocycles. The van der Waals surface area contributed by atoms with E-state index in [1.165, 1.54) is 148 Å². The summed E-state index contributed by atoms with van der Waals surface area (Å²) in [4.78, 5) is 35.7. The van der Waals surface area contributed by atoms with Gasteiger partial charge in [-0.15, -0.1) is 0 Å². The second kappa shape index (κ2) is 55.9. The molecule has 0 saturated carbocycles. The van der Waals surface area contributed by atoms with E-state index in [4.69, 9.17) is 18.5 Å². The van der Waals surface area contributed by atoms with Gasteiger partial charge in [0, 0.05) is 12.8 Å². The van der Waals surface area contributed by atoms with Crippen molar-refractivity contribution in [2.45, 2.75) is 270 Å². The Balaban J connectivity index is 4.19. The number of esters is 2. The van der Waals surface area contributed by atoms with Crippen LogP contribution in [0.4, 0.5) is 0 Å². The summed E-state index contributed by atoms with van der Waals surface area (Å²) in [5.41, 5.74) is 0. The van der Waals surface area contributed by atoms with Crippen LogP contribution in [0.3, 0.4) is 0 Å². The molecule has 0 aliphatic carbocycles. The molecule has 0 aromatic heterocycles. The lowest BCUT2D eigenvalue weighted by atomic mass is 10.0. The second-order valence-corrected chi connectivity index (χ2v) is 23.2. The zero-order chi connectivity index (χ0) is 54.9. The molecule has 0 spiro atoms. The van der Waals surface area contributed by atoms with Crippen LogP contribution in [0.2, 0.25) is 0 Å². The summed E-state index contributed by atoms with van der Waals surface area (Å²) >= 11 is 0. The minimum Gasteiger partial charge on any atom is -0.462 e. The Morgan fingerprint density at radius 3 is 1.13 bits per heavy atom. The van der Waals surface area contributed by atoms with Gasteiger partial charge in [0.15, 0.2) is 6.10 Å². The van der Waals surface area contributed by atoms with E-state index >= 15 is 0 Å². The first-order chi connectivity index (χ1) is 36.5. The lowest BCUT2D eigenvalue weighted by Crippen LogP contribution is -2.37. The van der Waals surface area contributed by atoms with Gasteiger partial charge in [0.1, 0.15) is 19.8 Å². The number of rotatable bonds is 56. The monoisotopic (exact) mass is 1070 g/mol. The van der Waals surface area contributed by atoms with Crippen LogP contribution in [0, 0.1) is 0 Å². The van der Waals surface area contributed by atoms with Gasteiger partial charge in [0.05, 0.1) is 27.7 Å². The highest BCUT2D eigenvalue weighted by molar-refractivity contribution is 7.47. The van der Waals surface area contributed by atoms with Crippen LogP contribution in [0.1, 0.15) is 264 Å². The molecule has 434 valence electrons. The van der Waals surface area contributed by atoms with Crippen molar-refractivity contribution < 1.29 is 42.1 Å². The summed E-state index contributed by atoms with van der Waals surface area (Å²) in [6, 6.07) is 0. The summed E-state index contributed by atoms with van der Waals surface area (Å²) in [5.74, 6) is -0.831. The van der Waals surface area contributed by atoms with Crippen LogP contribution in [-0.2, 0) is 32.7 Å². The predicted octanol–water partition coefficient (Wildman–Crippen LogP) is 19.4. The average Bonchev–Trinajstić information content (AvgIpc) is 3.37. The molecule has 0 radical (unpaired) electrons. The summed E-state index contributed by atoms with van der Waals surface area (Å²) in [6.45, 7) is 4.31. The zero-order valence-electron chi connectivity index (χ0n) is 49.3. The number of quaternary nitrogens is 1. The molecule has 0 aromatic rings. The Hall–Kier alpha value is -2.81. The average molecular weight is 1070 g/mol. The molecule has 0 heterocycles. The maximum atomic E-state index is 12.8. The number of carbonyl (C=O) groups is 2. The van der Waals surface area contributed by atoms with Gasteiger partial charge in [0.25, 0.3) is 0 Å². The van der Waals surface area contributed by atoms with Gasteiger partial charge in [-0.25, -0.2) is 4.57 Å². The van der Waals surface area contributed by atoms with Crippen molar-refractivity contribution in [2.24, 2.45) is 0 Å². The van der Waals surface area contributed by atoms with E-state index in [0.29, 0.717) is 17.4 Å². The van der Waals surface area contributed by atoms with E-state index in [0.717, 1.165) is 83.5 Å². The predicted molar refractivity (Wildman–Crippen MR) is 321 cm³/mol. The number of allylic oxidation sites excluding steroid dienone is 14. The summed E-state index contributed by atoms with van der Waals surface area (Å²) in [6.07, 6.45) is 75.2. The highest BCUT2D eigenvalue weighted by atomic mass is 31.2. The first-order valence-electron chi connectivity index (χ1n) is 30.8. The van der Waals surface area contributed by atoms with Gasteiger partial charge >= 0.3 is 19.8 Å². The Morgan fingerprint density at radius 2 is 0.760 bits per heavy atom. The molecule has 75 heavy (non-hydrogen) atoms. The number of hydrogen-bond donors (Lipinski definition) is 1. The third-order valence-electron chi connectivity index (χ3n) is 13.2. The molecule has 0 bridgehead atoms. The molecule has 0 amide bonds. The van der Waals surface area contributed by atoms with E-state index in [-0.39, 0.29) is 32.0 Å². The quantitative estimate of drug-likeness (QED) is 0.0211. The van der Waals surface area contributed by atoms with E-state index in [1.807, 2.05) is 21.1 Å². The Labute approximate surface area is 462 Å². The second-order valence-electron chi connectivity index (χ2n) is 21.7. The number of ether oxygens (including phenoxy) is 2. The molecule has 0 aliphatic rings. The number of phosphoric acid groups is 1. The van der Waals surface area contributed by atoms with E-state index in [1.54, 1.807) is 0 Å². The minimum absolute atomic E-state index is 0.0219. The van der Waals surface area contributed by atoms with Crippen molar-refractivity contribution in [3.8, 4) is 0 Å². The van der Waals surface area contributed by atoms with Crippen LogP contribution in [0.25, 0.3) is 0 Å². The first-order valence-corrected chi connectivity index (χ1v) is 32.3. The Bertz CT molecular complexity index is 1540. The molecule has 0 aromatic carbocycles. The van der Waals surface area contributed by atoms with Gasteiger partial charge < -0.3 is 18.9 Å². The van der Waals surface area contributed by atoms with Crippen LogP contribution in [0.15, 0.2) is 85.1 Å². The van der Waals surface area contributed by atoms with Crippen molar-refractivity contribution in [3.63, 3.8) is 0 Å². The third kappa shape index (κ3) is 60.3. The lowest BCUT2D eigenvalue weighted by molar-refractivity contribution is -0.870. The summed E-state index contributed by atoms with van der Waals surface area (Å²) in [5, 5.41) is 0. The van der Waals surface area contributed by atoms with E-state index in [2.05, 4.69) is 98.9 Å². The standard InChI is InChI=1S/C65H116NO8P/c1-6-8-10-12-14-16-18-20-22-24-26-28-30-32-34-35-37-39-41-43-45-47-49-51-53-55-57-64(67)71-61-63(62-73-75(69,70)72-60-59-66(3,4)5)74-65(68)58-56-54-52-50-48-46-44-42-40-38-36-33-31-29-27-25-23-21-19-17-15-13-11-9-7-2/h9,11,15,17,21,23,27,29,33,36,40,42,46,48,63H,6-8,10,12-14,16,18-20,22,24-26,28,30-32,34-35,37-39,41,43-45,47,49-62H2,1-5H3/p+1/b11-9-,17-15-,23-21-,29-27-,36-33-,42-40-,48-46-.